The summed E-state index contributed by atoms with van der Waals surface area (Å²) in [4.78, 5) is 14.1. The van der Waals surface area contributed by atoms with Crippen LogP contribution >= 0.6 is 22.7 Å². The number of aromatic nitrogens is 4. The molecule has 3 heterocycles. The van der Waals surface area contributed by atoms with Crippen molar-refractivity contribution < 1.29 is 4.79 Å². The van der Waals surface area contributed by atoms with E-state index in [9.17, 15) is 4.79 Å². The van der Waals surface area contributed by atoms with Gasteiger partial charge in [0.2, 0.25) is 5.13 Å². The summed E-state index contributed by atoms with van der Waals surface area (Å²) in [6.45, 7) is 0. The predicted molar refractivity (Wildman–Crippen MR) is 124 cm³/mol. The highest BCUT2D eigenvalue weighted by molar-refractivity contribution is 7.15. The van der Waals surface area contributed by atoms with Crippen LogP contribution in [0, 0.1) is 0 Å². The Kier molecular flexibility index (Phi) is 5.39. The summed E-state index contributed by atoms with van der Waals surface area (Å²) in [7, 11) is 0. The molecule has 3 aromatic heterocycles. The second-order valence-electron chi connectivity index (χ2n) is 6.77. The van der Waals surface area contributed by atoms with Gasteiger partial charge in [0.25, 0.3) is 5.91 Å². The predicted octanol–water partition coefficient (Wildman–Crippen LogP) is 5.30. The van der Waals surface area contributed by atoms with E-state index in [-0.39, 0.29) is 5.91 Å². The number of nitrogens with zero attached hydrogens (tertiary/aromatic N) is 4. The number of hydrogen-bond acceptors (Lipinski definition) is 6. The molecule has 0 spiro atoms. The Morgan fingerprint density at radius 3 is 2.45 bits per heavy atom. The Morgan fingerprint density at radius 1 is 0.935 bits per heavy atom. The molecule has 1 amide bonds. The first-order chi connectivity index (χ1) is 15.3. The van der Waals surface area contributed by atoms with Gasteiger partial charge in [0, 0.05) is 12.6 Å². The van der Waals surface area contributed by atoms with Crippen LogP contribution in [0.4, 0.5) is 5.13 Å². The van der Waals surface area contributed by atoms with Gasteiger partial charge in [0.1, 0.15) is 10.7 Å². The standard InChI is InChI=1S/C23H17N5OS2/c29-22(24-23-26-25-20(31-23)14-16-8-3-1-4-9-16)18-15-28(17-10-5-2-6-11-17)27-21(18)19-12-7-13-30-19/h1-13,15H,14H2,(H,24,26,29). The molecule has 0 fully saturated rings. The molecule has 5 aromatic rings. The van der Waals surface area contributed by atoms with Gasteiger partial charge in [-0.3, -0.25) is 10.1 Å². The summed E-state index contributed by atoms with van der Waals surface area (Å²) in [5.41, 5.74) is 3.18. The zero-order chi connectivity index (χ0) is 21.0. The third kappa shape index (κ3) is 4.30. The Bertz CT molecular complexity index is 1290. The van der Waals surface area contributed by atoms with E-state index in [1.54, 1.807) is 22.2 Å². The van der Waals surface area contributed by atoms with Gasteiger partial charge < -0.3 is 0 Å². The summed E-state index contributed by atoms with van der Waals surface area (Å²) >= 11 is 2.93. The van der Waals surface area contributed by atoms with E-state index in [1.807, 2.05) is 78.2 Å². The van der Waals surface area contributed by atoms with E-state index in [0.29, 0.717) is 22.8 Å². The molecule has 0 aliphatic rings. The maximum absolute atomic E-state index is 13.1. The van der Waals surface area contributed by atoms with E-state index >= 15 is 0 Å². The minimum absolute atomic E-state index is 0.256. The number of carbonyl (C=O) groups is 1. The normalized spacial score (nSPS) is 10.8. The van der Waals surface area contributed by atoms with Crippen molar-refractivity contribution in [2.75, 3.05) is 5.32 Å². The lowest BCUT2D eigenvalue weighted by Crippen LogP contribution is -2.12. The summed E-state index contributed by atoms with van der Waals surface area (Å²) < 4.78 is 1.73. The summed E-state index contributed by atoms with van der Waals surface area (Å²) in [6.07, 6.45) is 2.44. The van der Waals surface area contributed by atoms with Crippen LogP contribution in [-0.2, 0) is 6.42 Å². The Morgan fingerprint density at radius 2 is 1.71 bits per heavy atom. The molecule has 1 N–H and O–H groups in total. The van der Waals surface area contributed by atoms with E-state index < -0.39 is 0 Å². The molecule has 31 heavy (non-hydrogen) atoms. The van der Waals surface area contributed by atoms with Crippen LogP contribution in [-0.4, -0.2) is 25.9 Å². The maximum atomic E-state index is 13.1. The third-order valence-electron chi connectivity index (χ3n) is 4.62. The number of anilines is 1. The van der Waals surface area contributed by atoms with Crippen LogP contribution in [0.15, 0.2) is 84.4 Å². The topological polar surface area (TPSA) is 72.7 Å². The number of para-hydroxylation sites is 1. The van der Waals surface area contributed by atoms with Crippen LogP contribution < -0.4 is 5.32 Å². The maximum Gasteiger partial charge on any atom is 0.261 e. The van der Waals surface area contributed by atoms with Crippen molar-refractivity contribution in [3.05, 3.63) is 101 Å². The monoisotopic (exact) mass is 443 g/mol. The number of thiophene rings is 1. The molecule has 152 valence electrons. The highest BCUT2D eigenvalue weighted by atomic mass is 32.1. The molecule has 6 nitrogen and oxygen atoms in total. The average molecular weight is 444 g/mol. The Balaban J connectivity index is 1.41. The van der Waals surface area contributed by atoms with Crippen LogP contribution in [0.5, 0.6) is 0 Å². The second kappa shape index (κ2) is 8.63. The molecular formula is C23H17N5OS2. The quantitative estimate of drug-likeness (QED) is 0.387. The molecule has 0 saturated heterocycles. The van der Waals surface area contributed by atoms with E-state index in [0.717, 1.165) is 21.1 Å². The first-order valence-electron chi connectivity index (χ1n) is 9.63. The number of rotatable bonds is 6. The van der Waals surface area contributed by atoms with Crippen molar-refractivity contribution >= 4 is 33.7 Å². The Labute approximate surface area is 186 Å². The van der Waals surface area contributed by atoms with E-state index in [1.165, 1.54) is 11.3 Å². The highest BCUT2D eigenvalue weighted by Gasteiger charge is 2.20. The minimum Gasteiger partial charge on any atom is -0.296 e. The van der Waals surface area contributed by atoms with Crippen molar-refractivity contribution in [1.82, 2.24) is 20.0 Å². The third-order valence-corrected chi connectivity index (χ3v) is 6.33. The van der Waals surface area contributed by atoms with Gasteiger partial charge in [-0.15, -0.1) is 21.5 Å². The smallest absolute Gasteiger partial charge is 0.261 e. The van der Waals surface area contributed by atoms with Crippen LogP contribution in [0.25, 0.3) is 16.3 Å². The molecule has 0 bridgehead atoms. The zero-order valence-electron chi connectivity index (χ0n) is 16.3. The Hall–Kier alpha value is -3.62. The van der Waals surface area contributed by atoms with Crippen LogP contribution in [0.1, 0.15) is 20.9 Å². The number of amides is 1. The van der Waals surface area contributed by atoms with E-state index in [4.69, 9.17) is 0 Å². The number of benzene rings is 2. The van der Waals surface area contributed by atoms with Gasteiger partial charge in [-0.25, -0.2) is 4.68 Å². The zero-order valence-corrected chi connectivity index (χ0v) is 17.9. The first kappa shape index (κ1) is 19.3. The van der Waals surface area contributed by atoms with Gasteiger partial charge in [0.05, 0.1) is 16.1 Å². The second-order valence-corrected chi connectivity index (χ2v) is 8.78. The van der Waals surface area contributed by atoms with Crippen molar-refractivity contribution in [3.63, 3.8) is 0 Å². The molecule has 5 rings (SSSR count). The summed E-state index contributed by atoms with van der Waals surface area (Å²) in [5, 5.41) is 19.2. The molecule has 0 unspecified atom stereocenters. The first-order valence-corrected chi connectivity index (χ1v) is 11.3. The molecular weight excluding hydrogens is 426 g/mol. The number of carbonyl (C=O) groups excluding carboxylic acids is 1. The van der Waals surface area contributed by atoms with Gasteiger partial charge in [-0.05, 0) is 29.1 Å². The highest BCUT2D eigenvalue weighted by Crippen LogP contribution is 2.29. The van der Waals surface area contributed by atoms with Gasteiger partial charge >= 0.3 is 0 Å². The van der Waals surface area contributed by atoms with Crippen LogP contribution in [0.2, 0.25) is 0 Å². The fraction of sp³-hybridized carbons (Fsp3) is 0.0435. The van der Waals surface area contributed by atoms with Crippen molar-refractivity contribution in [2.45, 2.75) is 6.42 Å². The molecule has 0 saturated carbocycles. The van der Waals surface area contributed by atoms with Crippen molar-refractivity contribution in [2.24, 2.45) is 0 Å². The number of nitrogens with one attached hydrogen (secondary N) is 1. The molecule has 2 aromatic carbocycles. The van der Waals surface area contributed by atoms with Gasteiger partial charge in [0.15, 0.2) is 0 Å². The lowest BCUT2D eigenvalue weighted by atomic mass is 10.2. The van der Waals surface area contributed by atoms with Crippen LogP contribution in [0.3, 0.4) is 0 Å². The van der Waals surface area contributed by atoms with Crippen molar-refractivity contribution in [1.29, 1.82) is 0 Å². The lowest BCUT2D eigenvalue weighted by Gasteiger charge is -2.00. The lowest BCUT2D eigenvalue weighted by molar-refractivity contribution is 0.102. The SMILES string of the molecule is O=C(Nc1nnc(Cc2ccccc2)s1)c1cn(-c2ccccc2)nc1-c1cccs1. The minimum atomic E-state index is -0.256. The van der Waals surface area contributed by atoms with Gasteiger partial charge in [-0.2, -0.15) is 5.10 Å². The average Bonchev–Trinajstić information content (AvgIpc) is 3.56. The largest absolute Gasteiger partial charge is 0.296 e. The molecule has 0 aliphatic carbocycles. The fourth-order valence-electron chi connectivity index (χ4n) is 3.16. The molecule has 0 atom stereocenters. The summed E-state index contributed by atoms with van der Waals surface area (Å²) in [5.74, 6) is -0.256. The number of hydrogen-bond donors (Lipinski definition) is 1. The fourth-order valence-corrected chi connectivity index (χ4v) is 4.65. The van der Waals surface area contributed by atoms with Crippen molar-refractivity contribution in [3.8, 4) is 16.3 Å². The molecule has 8 heteroatoms. The molecule has 0 radical (unpaired) electrons. The van der Waals surface area contributed by atoms with Gasteiger partial charge in [-0.1, -0.05) is 65.9 Å². The van der Waals surface area contributed by atoms with E-state index in [2.05, 4.69) is 20.6 Å². The summed E-state index contributed by atoms with van der Waals surface area (Å²) in [6, 6.07) is 23.7. The molecule has 0 aliphatic heterocycles.